The summed E-state index contributed by atoms with van der Waals surface area (Å²) in [5.41, 5.74) is 1.35. The molecular formula is C12H17NOS. The molecule has 1 fully saturated rings. The van der Waals surface area contributed by atoms with Crippen LogP contribution in [0.5, 0.6) is 0 Å². The van der Waals surface area contributed by atoms with E-state index in [1.165, 1.54) is 10.4 Å². The smallest absolute Gasteiger partial charge is 0.0656 e. The van der Waals surface area contributed by atoms with Crippen molar-refractivity contribution in [3.05, 3.63) is 28.0 Å². The Morgan fingerprint density at radius 2 is 2.40 bits per heavy atom. The molecule has 0 amide bonds. The van der Waals surface area contributed by atoms with Crippen LogP contribution in [0.1, 0.15) is 17.4 Å². The van der Waals surface area contributed by atoms with Crippen LogP contribution < -0.4 is 5.32 Å². The zero-order valence-corrected chi connectivity index (χ0v) is 10.0. The second kappa shape index (κ2) is 4.92. The number of nitrogens with one attached hydrogen (secondary N) is 1. The van der Waals surface area contributed by atoms with Gasteiger partial charge in [0.1, 0.15) is 0 Å². The van der Waals surface area contributed by atoms with Crippen LogP contribution in [0.3, 0.4) is 0 Å². The molecule has 2 heterocycles. The topological polar surface area (TPSA) is 21.3 Å². The maximum Gasteiger partial charge on any atom is 0.0656 e. The van der Waals surface area contributed by atoms with Gasteiger partial charge in [-0.1, -0.05) is 6.08 Å². The quantitative estimate of drug-likeness (QED) is 0.831. The maximum absolute atomic E-state index is 5.48. The zero-order chi connectivity index (χ0) is 10.7. The van der Waals surface area contributed by atoms with Gasteiger partial charge in [-0.05, 0) is 36.9 Å². The van der Waals surface area contributed by atoms with Gasteiger partial charge in [0, 0.05) is 17.0 Å². The molecular weight excluding hydrogens is 206 g/mol. The van der Waals surface area contributed by atoms with Gasteiger partial charge in [0.15, 0.2) is 0 Å². The van der Waals surface area contributed by atoms with E-state index < -0.39 is 0 Å². The van der Waals surface area contributed by atoms with Crippen molar-refractivity contribution < 1.29 is 4.74 Å². The molecule has 15 heavy (non-hydrogen) atoms. The lowest BCUT2D eigenvalue weighted by molar-refractivity contribution is 0.0637. The second-order valence-corrected chi connectivity index (χ2v) is 4.99. The summed E-state index contributed by atoms with van der Waals surface area (Å²) in [6, 6.07) is 2.96. The summed E-state index contributed by atoms with van der Waals surface area (Å²) < 4.78 is 5.48. The number of rotatable bonds is 2. The first-order valence-electron chi connectivity index (χ1n) is 5.32. The summed E-state index contributed by atoms with van der Waals surface area (Å²) in [6.45, 7) is 5.90. The van der Waals surface area contributed by atoms with Crippen molar-refractivity contribution in [3.63, 3.8) is 0 Å². The monoisotopic (exact) mass is 223 g/mol. The van der Waals surface area contributed by atoms with Gasteiger partial charge in [0.25, 0.3) is 0 Å². The number of morpholine rings is 1. The lowest BCUT2D eigenvalue weighted by Crippen LogP contribution is -2.46. The second-order valence-electron chi connectivity index (χ2n) is 4.04. The van der Waals surface area contributed by atoms with Crippen LogP contribution in [0.25, 0.3) is 6.08 Å². The van der Waals surface area contributed by atoms with E-state index in [0.29, 0.717) is 12.1 Å². The molecule has 3 heteroatoms. The Morgan fingerprint density at radius 3 is 3.07 bits per heavy atom. The highest BCUT2D eigenvalue weighted by molar-refractivity contribution is 7.11. The van der Waals surface area contributed by atoms with Gasteiger partial charge in [-0.2, -0.15) is 0 Å². The van der Waals surface area contributed by atoms with Gasteiger partial charge in [-0.15, -0.1) is 11.3 Å². The highest BCUT2D eigenvalue weighted by Gasteiger charge is 2.15. The van der Waals surface area contributed by atoms with Crippen LogP contribution in [0.2, 0.25) is 0 Å². The molecule has 1 aromatic rings. The van der Waals surface area contributed by atoms with E-state index >= 15 is 0 Å². The lowest BCUT2D eigenvalue weighted by atomic mass is 10.2. The first-order chi connectivity index (χ1) is 7.25. The molecule has 0 radical (unpaired) electrons. The minimum absolute atomic E-state index is 0.357. The SMILES string of the molecule is Cc1ccsc1/C=C/C1COCC(C)N1. The standard InChI is InChI=1S/C12H17NOS/c1-9-5-6-15-12(9)4-3-11-8-14-7-10(2)13-11/h3-6,10-11,13H,7-8H2,1-2H3/b4-3+. The normalized spacial score (nSPS) is 27.3. The van der Waals surface area contributed by atoms with E-state index in [0.717, 1.165) is 13.2 Å². The summed E-state index contributed by atoms with van der Waals surface area (Å²) in [6.07, 6.45) is 4.40. The number of aryl methyl sites for hydroxylation is 1. The van der Waals surface area contributed by atoms with E-state index in [1.54, 1.807) is 11.3 Å². The summed E-state index contributed by atoms with van der Waals surface area (Å²) in [4.78, 5) is 1.34. The minimum Gasteiger partial charge on any atom is -0.378 e. The van der Waals surface area contributed by atoms with Gasteiger partial charge in [0.05, 0.1) is 13.2 Å². The van der Waals surface area contributed by atoms with Crippen molar-refractivity contribution in [2.24, 2.45) is 0 Å². The van der Waals surface area contributed by atoms with Crippen molar-refractivity contribution in [2.75, 3.05) is 13.2 Å². The van der Waals surface area contributed by atoms with Crippen molar-refractivity contribution in [2.45, 2.75) is 25.9 Å². The first kappa shape index (κ1) is 10.9. The lowest BCUT2D eigenvalue weighted by Gasteiger charge is -2.26. The molecule has 2 unspecified atom stereocenters. The first-order valence-corrected chi connectivity index (χ1v) is 6.20. The molecule has 1 aliphatic heterocycles. The van der Waals surface area contributed by atoms with Crippen molar-refractivity contribution in [1.29, 1.82) is 0 Å². The molecule has 0 aromatic carbocycles. The molecule has 1 aromatic heterocycles. The number of hydrogen-bond donors (Lipinski definition) is 1. The molecule has 1 N–H and O–H groups in total. The van der Waals surface area contributed by atoms with Gasteiger partial charge in [-0.3, -0.25) is 0 Å². The Morgan fingerprint density at radius 1 is 1.53 bits per heavy atom. The zero-order valence-electron chi connectivity index (χ0n) is 9.19. The molecule has 1 saturated heterocycles. The molecule has 1 aliphatic rings. The molecule has 82 valence electrons. The molecule has 0 bridgehead atoms. The van der Waals surface area contributed by atoms with Gasteiger partial charge >= 0.3 is 0 Å². The third-order valence-corrected chi connectivity index (χ3v) is 3.53. The molecule has 0 spiro atoms. The Balaban J connectivity index is 1.96. The van der Waals surface area contributed by atoms with Crippen LogP contribution in [0.15, 0.2) is 17.5 Å². The fourth-order valence-electron chi connectivity index (χ4n) is 1.70. The predicted molar refractivity (Wildman–Crippen MR) is 65.3 cm³/mol. The predicted octanol–water partition coefficient (Wildman–Crippen LogP) is 2.45. The Bertz CT molecular complexity index is 345. The largest absolute Gasteiger partial charge is 0.378 e. The van der Waals surface area contributed by atoms with Gasteiger partial charge in [0.2, 0.25) is 0 Å². The third-order valence-electron chi connectivity index (χ3n) is 2.55. The number of hydrogen-bond acceptors (Lipinski definition) is 3. The highest BCUT2D eigenvalue weighted by Crippen LogP contribution is 2.17. The van der Waals surface area contributed by atoms with Crippen LogP contribution in [-0.2, 0) is 4.74 Å². The summed E-state index contributed by atoms with van der Waals surface area (Å²) in [5, 5.41) is 5.62. The fraction of sp³-hybridized carbons (Fsp3) is 0.500. The maximum atomic E-state index is 5.48. The number of thiophene rings is 1. The van der Waals surface area contributed by atoms with E-state index in [9.17, 15) is 0 Å². The van der Waals surface area contributed by atoms with E-state index in [1.807, 2.05) is 0 Å². The Hall–Kier alpha value is -0.640. The Labute approximate surface area is 95.0 Å². The van der Waals surface area contributed by atoms with Crippen molar-refractivity contribution in [1.82, 2.24) is 5.32 Å². The van der Waals surface area contributed by atoms with E-state index in [2.05, 4.69) is 42.8 Å². The van der Waals surface area contributed by atoms with Crippen molar-refractivity contribution in [3.8, 4) is 0 Å². The van der Waals surface area contributed by atoms with E-state index in [4.69, 9.17) is 4.74 Å². The molecule has 2 atom stereocenters. The fourth-order valence-corrected chi connectivity index (χ4v) is 2.53. The summed E-state index contributed by atoms with van der Waals surface area (Å²) >= 11 is 1.78. The summed E-state index contributed by atoms with van der Waals surface area (Å²) in [5.74, 6) is 0. The average Bonchev–Trinajstić information content (AvgIpc) is 2.61. The molecule has 0 aliphatic carbocycles. The van der Waals surface area contributed by atoms with Crippen LogP contribution in [0, 0.1) is 6.92 Å². The van der Waals surface area contributed by atoms with Crippen molar-refractivity contribution >= 4 is 17.4 Å². The Kier molecular flexibility index (Phi) is 3.57. The number of ether oxygens (including phenoxy) is 1. The van der Waals surface area contributed by atoms with Crippen LogP contribution in [-0.4, -0.2) is 25.3 Å². The molecule has 0 saturated carbocycles. The van der Waals surface area contributed by atoms with E-state index in [-0.39, 0.29) is 0 Å². The summed E-state index contributed by atoms with van der Waals surface area (Å²) in [7, 11) is 0. The van der Waals surface area contributed by atoms with Gasteiger partial charge < -0.3 is 10.1 Å². The van der Waals surface area contributed by atoms with Gasteiger partial charge in [-0.25, -0.2) is 0 Å². The molecule has 2 rings (SSSR count). The average molecular weight is 223 g/mol. The molecule has 2 nitrogen and oxygen atoms in total. The minimum atomic E-state index is 0.357. The van der Waals surface area contributed by atoms with Crippen LogP contribution in [0.4, 0.5) is 0 Å². The highest BCUT2D eigenvalue weighted by atomic mass is 32.1. The third kappa shape index (κ3) is 2.91. The van der Waals surface area contributed by atoms with Crippen LogP contribution >= 0.6 is 11.3 Å².